The predicted molar refractivity (Wildman–Crippen MR) is 62.3 cm³/mol. The smallest absolute Gasteiger partial charge is 0.274 e. The van der Waals surface area contributed by atoms with Gasteiger partial charge in [-0.15, -0.1) is 0 Å². The Labute approximate surface area is 94.8 Å². The summed E-state index contributed by atoms with van der Waals surface area (Å²) in [5.74, 6) is 0. The molecule has 1 aliphatic rings. The molecule has 1 unspecified atom stereocenters. The van der Waals surface area contributed by atoms with Gasteiger partial charge in [0, 0.05) is 17.7 Å². The maximum atomic E-state index is 10.9. The first-order valence-corrected chi connectivity index (χ1v) is 5.76. The van der Waals surface area contributed by atoms with Crippen LogP contribution in [-0.2, 0) is 0 Å². The highest BCUT2D eigenvalue weighted by atomic mass is 16.6. The fraction of sp³-hybridized carbons (Fsp3) is 0.500. The van der Waals surface area contributed by atoms with Gasteiger partial charge in [-0.3, -0.25) is 10.1 Å². The summed E-state index contributed by atoms with van der Waals surface area (Å²) in [6.45, 7) is 0.955. The normalized spacial score (nSPS) is 21.4. The Kier molecular flexibility index (Phi) is 3.51. The van der Waals surface area contributed by atoms with Crippen molar-refractivity contribution in [3.05, 3.63) is 39.9 Å². The van der Waals surface area contributed by atoms with Crippen LogP contribution in [0.4, 0.5) is 5.69 Å². The second-order valence-corrected chi connectivity index (χ2v) is 4.17. The number of benzene rings is 1. The van der Waals surface area contributed by atoms with E-state index in [1.807, 2.05) is 12.1 Å². The van der Waals surface area contributed by atoms with Gasteiger partial charge >= 0.3 is 0 Å². The van der Waals surface area contributed by atoms with Gasteiger partial charge in [0.1, 0.15) is 0 Å². The SMILES string of the molecule is O=[N+]([O-])c1ccccc1C1CCCCCN1. The second-order valence-electron chi connectivity index (χ2n) is 4.17. The average molecular weight is 220 g/mol. The molecule has 4 nitrogen and oxygen atoms in total. The van der Waals surface area contributed by atoms with Gasteiger partial charge in [-0.25, -0.2) is 0 Å². The molecule has 0 amide bonds. The molecule has 2 rings (SSSR count). The van der Waals surface area contributed by atoms with Crippen LogP contribution in [0.3, 0.4) is 0 Å². The summed E-state index contributed by atoms with van der Waals surface area (Å²) in [7, 11) is 0. The fourth-order valence-electron chi connectivity index (χ4n) is 2.24. The van der Waals surface area contributed by atoms with Crippen molar-refractivity contribution >= 4 is 5.69 Å². The maximum Gasteiger partial charge on any atom is 0.274 e. The molecule has 1 aliphatic heterocycles. The Bertz CT molecular complexity index is 371. The standard InChI is InChI=1S/C12H16N2O2/c15-14(16)12-8-4-3-6-10(12)11-7-2-1-5-9-13-11/h3-4,6,8,11,13H,1-2,5,7,9H2. The summed E-state index contributed by atoms with van der Waals surface area (Å²) >= 11 is 0. The lowest BCUT2D eigenvalue weighted by atomic mass is 10.0. The van der Waals surface area contributed by atoms with E-state index >= 15 is 0 Å². The van der Waals surface area contributed by atoms with Gasteiger partial charge in [0.15, 0.2) is 0 Å². The monoisotopic (exact) mass is 220 g/mol. The summed E-state index contributed by atoms with van der Waals surface area (Å²) < 4.78 is 0. The summed E-state index contributed by atoms with van der Waals surface area (Å²) in [4.78, 5) is 10.6. The van der Waals surface area contributed by atoms with Gasteiger partial charge in [0.2, 0.25) is 0 Å². The predicted octanol–water partition coefficient (Wildman–Crippen LogP) is 2.80. The zero-order chi connectivity index (χ0) is 11.4. The van der Waals surface area contributed by atoms with Crippen molar-refractivity contribution < 1.29 is 4.92 Å². The van der Waals surface area contributed by atoms with Crippen molar-refractivity contribution in [2.75, 3.05) is 6.54 Å². The van der Waals surface area contributed by atoms with Crippen LogP contribution in [0, 0.1) is 10.1 Å². The topological polar surface area (TPSA) is 55.2 Å². The lowest BCUT2D eigenvalue weighted by Gasteiger charge is -2.15. The Morgan fingerprint density at radius 3 is 2.88 bits per heavy atom. The van der Waals surface area contributed by atoms with Crippen molar-refractivity contribution in [3.63, 3.8) is 0 Å². The van der Waals surface area contributed by atoms with Crippen LogP contribution in [0.5, 0.6) is 0 Å². The number of para-hydroxylation sites is 1. The molecular formula is C12H16N2O2. The molecule has 1 N–H and O–H groups in total. The van der Waals surface area contributed by atoms with Crippen molar-refractivity contribution in [2.24, 2.45) is 0 Å². The molecule has 16 heavy (non-hydrogen) atoms. The highest BCUT2D eigenvalue weighted by Gasteiger charge is 2.21. The van der Waals surface area contributed by atoms with E-state index in [0.29, 0.717) is 0 Å². The molecule has 1 heterocycles. The van der Waals surface area contributed by atoms with Crippen LogP contribution in [0.15, 0.2) is 24.3 Å². The quantitative estimate of drug-likeness (QED) is 0.616. The van der Waals surface area contributed by atoms with Gasteiger partial charge in [0.25, 0.3) is 5.69 Å². The van der Waals surface area contributed by atoms with Gasteiger partial charge in [0.05, 0.1) is 4.92 Å². The summed E-state index contributed by atoms with van der Waals surface area (Å²) in [5, 5.41) is 14.3. The molecule has 0 spiro atoms. The first-order chi connectivity index (χ1) is 7.79. The Balaban J connectivity index is 2.27. The van der Waals surface area contributed by atoms with Crippen molar-refractivity contribution in [1.82, 2.24) is 5.32 Å². The van der Waals surface area contributed by atoms with Crippen molar-refractivity contribution in [1.29, 1.82) is 0 Å². The number of nitrogens with one attached hydrogen (secondary N) is 1. The fourth-order valence-corrected chi connectivity index (χ4v) is 2.24. The number of nitrogens with zero attached hydrogens (tertiary/aromatic N) is 1. The third kappa shape index (κ3) is 2.39. The molecule has 0 aromatic heterocycles. The highest BCUT2D eigenvalue weighted by Crippen LogP contribution is 2.29. The van der Waals surface area contributed by atoms with Crippen molar-refractivity contribution in [3.8, 4) is 0 Å². The van der Waals surface area contributed by atoms with E-state index in [1.165, 1.54) is 6.42 Å². The summed E-state index contributed by atoms with van der Waals surface area (Å²) in [5.41, 5.74) is 1.07. The molecule has 1 atom stereocenters. The van der Waals surface area contributed by atoms with E-state index in [0.717, 1.165) is 31.4 Å². The Morgan fingerprint density at radius 1 is 1.25 bits per heavy atom. The van der Waals surface area contributed by atoms with Gasteiger partial charge in [-0.05, 0) is 19.4 Å². The number of nitro groups is 1. The molecule has 0 radical (unpaired) electrons. The number of hydrogen-bond donors (Lipinski definition) is 1. The van der Waals surface area contributed by atoms with Gasteiger partial charge < -0.3 is 5.32 Å². The van der Waals surface area contributed by atoms with E-state index in [1.54, 1.807) is 12.1 Å². The lowest BCUT2D eigenvalue weighted by molar-refractivity contribution is -0.385. The Hall–Kier alpha value is -1.42. The zero-order valence-corrected chi connectivity index (χ0v) is 9.19. The molecule has 4 heteroatoms. The number of rotatable bonds is 2. The average Bonchev–Trinajstić information content (AvgIpc) is 2.57. The molecule has 1 aromatic rings. The van der Waals surface area contributed by atoms with E-state index in [4.69, 9.17) is 0 Å². The minimum absolute atomic E-state index is 0.143. The van der Waals surface area contributed by atoms with E-state index < -0.39 is 0 Å². The molecular weight excluding hydrogens is 204 g/mol. The maximum absolute atomic E-state index is 10.9. The van der Waals surface area contributed by atoms with Crippen LogP contribution in [0.1, 0.15) is 37.3 Å². The molecule has 0 bridgehead atoms. The Morgan fingerprint density at radius 2 is 2.06 bits per heavy atom. The molecule has 1 fully saturated rings. The zero-order valence-electron chi connectivity index (χ0n) is 9.19. The molecule has 0 aliphatic carbocycles. The van der Waals surface area contributed by atoms with Gasteiger partial charge in [-0.2, -0.15) is 0 Å². The molecule has 86 valence electrons. The third-order valence-electron chi connectivity index (χ3n) is 3.07. The minimum atomic E-state index is -0.290. The molecule has 1 saturated heterocycles. The van der Waals surface area contributed by atoms with Crippen LogP contribution >= 0.6 is 0 Å². The summed E-state index contributed by atoms with van der Waals surface area (Å²) in [6, 6.07) is 7.18. The summed E-state index contributed by atoms with van der Waals surface area (Å²) in [6.07, 6.45) is 4.51. The van der Waals surface area contributed by atoms with E-state index in [-0.39, 0.29) is 16.7 Å². The first kappa shape index (κ1) is 11.1. The first-order valence-electron chi connectivity index (χ1n) is 5.76. The number of hydrogen-bond acceptors (Lipinski definition) is 3. The molecule has 0 saturated carbocycles. The van der Waals surface area contributed by atoms with Crippen LogP contribution < -0.4 is 5.32 Å². The van der Waals surface area contributed by atoms with Crippen LogP contribution in [0.25, 0.3) is 0 Å². The van der Waals surface area contributed by atoms with E-state index in [2.05, 4.69) is 5.32 Å². The van der Waals surface area contributed by atoms with E-state index in [9.17, 15) is 10.1 Å². The highest BCUT2D eigenvalue weighted by molar-refractivity contribution is 5.42. The van der Waals surface area contributed by atoms with Crippen LogP contribution in [-0.4, -0.2) is 11.5 Å². The largest absolute Gasteiger partial charge is 0.310 e. The number of nitro benzene ring substituents is 1. The second kappa shape index (κ2) is 5.07. The minimum Gasteiger partial charge on any atom is -0.310 e. The van der Waals surface area contributed by atoms with Crippen LogP contribution in [0.2, 0.25) is 0 Å². The van der Waals surface area contributed by atoms with Gasteiger partial charge in [-0.1, -0.05) is 31.0 Å². The lowest BCUT2D eigenvalue weighted by Crippen LogP contribution is -2.21. The van der Waals surface area contributed by atoms with Crippen molar-refractivity contribution in [2.45, 2.75) is 31.7 Å². The third-order valence-corrected chi connectivity index (χ3v) is 3.07. The molecule has 1 aromatic carbocycles.